The summed E-state index contributed by atoms with van der Waals surface area (Å²) >= 11 is 6.07. The SMILES string of the molecule is O=C(Cn1cnc2ccc(Cl)cc2c1=O)N1N=C2C(=Cc3ccco3)CCCC2C1c1ccco1. The lowest BCUT2D eigenvalue weighted by atomic mass is 9.79. The average Bonchev–Trinajstić information content (AvgIpc) is 3.62. The van der Waals surface area contributed by atoms with Crippen molar-refractivity contribution in [3.05, 3.63) is 93.8 Å². The molecule has 0 bridgehead atoms. The maximum Gasteiger partial charge on any atom is 0.263 e. The highest BCUT2D eigenvalue weighted by molar-refractivity contribution is 6.31. The smallest absolute Gasteiger partial charge is 0.263 e. The van der Waals surface area contributed by atoms with Gasteiger partial charge >= 0.3 is 0 Å². The van der Waals surface area contributed by atoms with Gasteiger partial charge in [-0.15, -0.1) is 0 Å². The van der Waals surface area contributed by atoms with Crippen molar-refractivity contribution in [2.45, 2.75) is 31.8 Å². The second-order valence-electron chi connectivity index (χ2n) is 8.71. The molecule has 1 fully saturated rings. The number of nitrogens with zero attached hydrogens (tertiary/aromatic N) is 4. The summed E-state index contributed by atoms with van der Waals surface area (Å²) in [5, 5.41) is 7.05. The van der Waals surface area contributed by atoms with Gasteiger partial charge in [-0.1, -0.05) is 11.6 Å². The van der Waals surface area contributed by atoms with Crippen LogP contribution in [0.25, 0.3) is 17.0 Å². The number of allylic oxidation sites excluding steroid dienone is 1. The lowest BCUT2D eigenvalue weighted by molar-refractivity contribution is -0.134. The molecule has 4 heterocycles. The molecule has 8 nitrogen and oxygen atoms in total. The molecule has 2 unspecified atom stereocenters. The minimum Gasteiger partial charge on any atom is -0.467 e. The Hall–Kier alpha value is -3.91. The van der Waals surface area contributed by atoms with E-state index in [2.05, 4.69) is 4.98 Å². The first-order valence-corrected chi connectivity index (χ1v) is 11.8. The number of fused-ring (bicyclic) bond motifs is 2. The first-order chi connectivity index (χ1) is 17.1. The largest absolute Gasteiger partial charge is 0.467 e. The number of hydrogen-bond donors (Lipinski definition) is 0. The van der Waals surface area contributed by atoms with Crippen molar-refractivity contribution in [1.82, 2.24) is 14.6 Å². The van der Waals surface area contributed by atoms with Crippen LogP contribution in [0.2, 0.25) is 5.02 Å². The van der Waals surface area contributed by atoms with Gasteiger partial charge in [0.2, 0.25) is 0 Å². The molecule has 0 N–H and O–H groups in total. The van der Waals surface area contributed by atoms with Crippen LogP contribution in [-0.4, -0.2) is 26.2 Å². The van der Waals surface area contributed by atoms with Crippen LogP contribution in [0.4, 0.5) is 0 Å². The van der Waals surface area contributed by atoms with Crippen LogP contribution in [0, 0.1) is 5.92 Å². The Morgan fingerprint density at radius 3 is 2.83 bits per heavy atom. The molecule has 0 spiro atoms. The van der Waals surface area contributed by atoms with Gasteiger partial charge in [0, 0.05) is 10.9 Å². The zero-order valence-electron chi connectivity index (χ0n) is 18.6. The highest BCUT2D eigenvalue weighted by Crippen LogP contribution is 2.44. The first kappa shape index (κ1) is 21.6. The van der Waals surface area contributed by atoms with Gasteiger partial charge < -0.3 is 8.83 Å². The van der Waals surface area contributed by atoms with Gasteiger partial charge in [0.05, 0.1) is 35.5 Å². The molecule has 0 radical (unpaired) electrons. The standard InChI is InChI=1S/C26H21ClN4O4/c27-17-8-9-21-20(13-17)26(33)30(15-28-21)14-23(32)31-25(22-7-3-11-35-22)19-6-1-4-16(24(19)29-31)12-18-5-2-10-34-18/h2-3,5,7-13,15,19,25H,1,4,6,14H2. The molecule has 1 aliphatic heterocycles. The Morgan fingerprint density at radius 1 is 1.17 bits per heavy atom. The predicted octanol–water partition coefficient (Wildman–Crippen LogP) is 5.06. The van der Waals surface area contributed by atoms with Crippen molar-refractivity contribution in [3.63, 3.8) is 0 Å². The van der Waals surface area contributed by atoms with Crippen LogP contribution < -0.4 is 5.56 Å². The van der Waals surface area contributed by atoms with Gasteiger partial charge in [0.15, 0.2) is 0 Å². The van der Waals surface area contributed by atoms with E-state index in [4.69, 9.17) is 25.5 Å². The molecule has 1 aromatic carbocycles. The van der Waals surface area contributed by atoms with Crippen molar-refractivity contribution < 1.29 is 13.6 Å². The number of amides is 1. The van der Waals surface area contributed by atoms with Gasteiger partial charge in [-0.25, -0.2) is 9.99 Å². The number of hydrogen-bond acceptors (Lipinski definition) is 6. The summed E-state index contributed by atoms with van der Waals surface area (Å²) in [6, 6.07) is 11.9. The fourth-order valence-electron chi connectivity index (χ4n) is 4.95. The second-order valence-corrected chi connectivity index (χ2v) is 9.14. The number of hydrazone groups is 1. The van der Waals surface area contributed by atoms with Crippen LogP contribution in [0.5, 0.6) is 0 Å². The van der Waals surface area contributed by atoms with E-state index in [9.17, 15) is 9.59 Å². The summed E-state index contributed by atoms with van der Waals surface area (Å²) in [5.74, 6) is 1.08. The summed E-state index contributed by atoms with van der Waals surface area (Å²) in [6.45, 7) is -0.202. The van der Waals surface area contributed by atoms with Crippen LogP contribution in [0.1, 0.15) is 36.8 Å². The van der Waals surface area contributed by atoms with Crippen molar-refractivity contribution in [2.24, 2.45) is 11.0 Å². The number of halogens is 1. The molecule has 2 aliphatic rings. The molecule has 35 heavy (non-hydrogen) atoms. The fourth-order valence-corrected chi connectivity index (χ4v) is 5.12. The molecule has 1 saturated carbocycles. The van der Waals surface area contributed by atoms with Gasteiger partial charge in [0.1, 0.15) is 24.1 Å². The van der Waals surface area contributed by atoms with Crippen LogP contribution in [0.15, 0.2) is 85.6 Å². The summed E-state index contributed by atoms with van der Waals surface area (Å²) < 4.78 is 12.5. The summed E-state index contributed by atoms with van der Waals surface area (Å²) in [6.07, 6.45) is 9.28. The predicted molar refractivity (Wildman–Crippen MR) is 131 cm³/mol. The Kier molecular flexibility index (Phi) is 5.37. The second kappa shape index (κ2) is 8.70. The van der Waals surface area contributed by atoms with E-state index in [-0.39, 0.29) is 30.0 Å². The van der Waals surface area contributed by atoms with E-state index in [0.717, 1.165) is 36.3 Å². The van der Waals surface area contributed by atoms with Crippen molar-refractivity contribution in [1.29, 1.82) is 0 Å². The number of carbonyl (C=O) groups is 1. The quantitative estimate of drug-likeness (QED) is 0.400. The molecule has 9 heteroatoms. The lowest BCUT2D eigenvalue weighted by Gasteiger charge is -2.27. The van der Waals surface area contributed by atoms with Gasteiger partial charge in [0.25, 0.3) is 11.5 Å². The number of benzene rings is 1. The molecule has 4 aromatic rings. The Labute approximate surface area is 205 Å². The monoisotopic (exact) mass is 488 g/mol. The summed E-state index contributed by atoms with van der Waals surface area (Å²) in [4.78, 5) is 30.9. The molecule has 2 atom stereocenters. The van der Waals surface area contributed by atoms with E-state index in [1.165, 1.54) is 15.9 Å². The molecule has 176 valence electrons. The normalized spacial score (nSPS) is 20.9. The number of furan rings is 2. The highest BCUT2D eigenvalue weighted by atomic mass is 35.5. The van der Waals surface area contributed by atoms with Crippen LogP contribution in [-0.2, 0) is 11.3 Å². The average molecular weight is 489 g/mol. The molecule has 3 aromatic heterocycles. The molecule has 1 amide bonds. The molecule has 1 aliphatic carbocycles. The van der Waals surface area contributed by atoms with E-state index in [1.807, 2.05) is 24.3 Å². The Morgan fingerprint density at radius 2 is 2.03 bits per heavy atom. The molecule has 6 rings (SSSR count). The summed E-state index contributed by atoms with van der Waals surface area (Å²) in [7, 11) is 0. The van der Waals surface area contributed by atoms with Crippen molar-refractivity contribution >= 4 is 40.2 Å². The van der Waals surface area contributed by atoms with E-state index in [0.29, 0.717) is 21.7 Å². The zero-order valence-corrected chi connectivity index (χ0v) is 19.4. The molecular weight excluding hydrogens is 468 g/mol. The van der Waals surface area contributed by atoms with Crippen molar-refractivity contribution in [2.75, 3.05) is 0 Å². The maximum atomic E-state index is 13.6. The lowest BCUT2D eigenvalue weighted by Crippen LogP contribution is -2.36. The van der Waals surface area contributed by atoms with E-state index in [1.54, 1.807) is 36.8 Å². The van der Waals surface area contributed by atoms with Crippen LogP contribution in [0.3, 0.4) is 0 Å². The Balaban J connectivity index is 1.37. The number of carbonyl (C=O) groups excluding carboxylic acids is 1. The third-order valence-corrected chi connectivity index (χ3v) is 6.78. The molecule has 0 saturated heterocycles. The maximum absolute atomic E-state index is 13.6. The fraction of sp³-hybridized carbons (Fsp3) is 0.231. The highest BCUT2D eigenvalue weighted by Gasteiger charge is 2.45. The van der Waals surface area contributed by atoms with E-state index >= 15 is 0 Å². The van der Waals surface area contributed by atoms with Gasteiger partial charge in [-0.2, -0.15) is 5.10 Å². The molecular formula is C26H21ClN4O4. The summed E-state index contributed by atoms with van der Waals surface area (Å²) in [5.41, 5.74) is 2.10. The topological polar surface area (TPSA) is 93.8 Å². The zero-order chi connectivity index (χ0) is 23.9. The Bertz CT molecular complexity index is 1520. The van der Waals surface area contributed by atoms with Gasteiger partial charge in [-0.3, -0.25) is 14.2 Å². The van der Waals surface area contributed by atoms with Crippen molar-refractivity contribution in [3.8, 4) is 0 Å². The minimum absolute atomic E-state index is 0.00896. The minimum atomic E-state index is -0.383. The number of aromatic nitrogens is 2. The van der Waals surface area contributed by atoms with E-state index < -0.39 is 0 Å². The first-order valence-electron chi connectivity index (χ1n) is 11.4. The van der Waals surface area contributed by atoms with Gasteiger partial charge in [-0.05, 0) is 73.4 Å². The van der Waals surface area contributed by atoms with Crippen LogP contribution >= 0.6 is 11.6 Å². The third kappa shape index (κ3) is 3.89. The third-order valence-electron chi connectivity index (χ3n) is 6.54. The number of rotatable bonds is 4.